The van der Waals surface area contributed by atoms with Gasteiger partial charge in [0.2, 0.25) is 12.7 Å². The van der Waals surface area contributed by atoms with E-state index < -0.39 is 11.9 Å². The number of hydrogen-bond acceptors (Lipinski definition) is 7. The molecule has 2 N–H and O–H groups in total. The average molecular weight is 695 g/mol. The molecule has 0 aromatic heterocycles. The molecule has 3 aromatic carbocycles. The second-order valence-electron chi connectivity index (χ2n) is 12.1. The minimum absolute atomic E-state index is 0.102. The molecule has 9 nitrogen and oxygen atoms in total. The first kappa shape index (κ1) is 36.2. The van der Waals surface area contributed by atoms with E-state index >= 15 is 0 Å². The van der Waals surface area contributed by atoms with Gasteiger partial charge < -0.3 is 29.5 Å². The van der Waals surface area contributed by atoms with Gasteiger partial charge in [0.1, 0.15) is 0 Å². The summed E-state index contributed by atoms with van der Waals surface area (Å²) in [5, 5.41) is 15.6. The maximum absolute atomic E-state index is 11.9. The van der Waals surface area contributed by atoms with E-state index in [0.717, 1.165) is 43.0 Å². The third-order valence-electron chi connectivity index (χ3n) is 8.55. The Morgan fingerprint density at radius 1 is 0.720 bits per heavy atom. The Hall–Kier alpha value is -5.06. The van der Waals surface area contributed by atoms with E-state index in [1.165, 1.54) is 58.8 Å². The lowest BCUT2D eigenvalue weighted by molar-refractivity contribution is -0.134. The number of ether oxygens (including phenoxy) is 2. The molecule has 260 valence electrons. The van der Waals surface area contributed by atoms with Crippen LogP contribution in [-0.4, -0.2) is 77.9 Å². The van der Waals surface area contributed by atoms with E-state index in [0.29, 0.717) is 12.2 Å². The molecule has 0 atom stereocenters. The van der Waals surface area contributed by atoms with E-state index in [2.05, 4.69) is 60.5 Å². The summed E-state index contributed by atoms with van der Waals surface area (Å²) in [5.41, 5.74) is 7.03. The van der Waals surface area contributed by atoms with Crippen LogP contribution < -0.4 is 9.47 Å². The highest BCUT2D eigenvalue weighted by Crippen LogP contribution is 2.47. The number of nitrogens with zero attached hydrogens (tertiary/aromatic N) is 2. The van der Waals surface area contributed by atoms with Crippen LogP contribution in [0.4, 0.5) is 0 Å². The molecule has 2 fully saturated rings. The normalized spacial score (nSPS) is 16.7. The summed E-state index contributed by atoms with van der Waals surface area (Å²) in [6.45, 7) is 4.41. The van der Waals surface area contributed by atoms with Crippen LogP contribution in [0.2, 0.25) is 0 Å². The Labute approximate surface area is 297 Å². The smallest absolute Gasteiger partial charge is 0.328 e. The molecule has 0 radical (unpaired) electrons. The van der Waals surface area contributed by atoms with Gasteiger partial charge in [0.05, 0.1) is 0 Å². The number of piperidine rings is 2. The Morgan fingerprint density at radius 3 is 1.94 bits per heavy atom. The van der Waals surface area contributed by atoms with E-state index in [9.17, 15) is 14.4 Å². The Morgan fingerprint density at radius 2 is 1.32 bits per heavy atom. The van der Waals surface area contributed by atoms with Crippen molar-refractivity contribution in [1.29, 1.82) is 0 Å². The summed E-state index contributed by atoms with van der Waals surface area (Å²) in [6.07, 6.45) is 14.2. The first-order chi connectivity index (χ1) is 24.3. The standard InChI is InChI=1S/C19H19NS.C17H19NO3.C4H4O4/c1-20-12-10-14(11-13-20)19-15-6-2-4-8-17(15)21-18-9-5-3-7-16(18)19;19-17(18-10-4-1-5-11-18)7-3-2-6-14-8-9-15-16(12-14)21-13-20-15;5-3(6)1-2-4(7)8/h2-9H,10-13H2,1H3;2-3,6-9,12H,1,4-5,10-11,13H2;1-2H,(H,5,6)(H,7,8). The number of benzene rings is 3. The molecule has 0 spiro atoms. The SMILES string of the molecule is CN1CCC(=C2c3ccccc3Sc3ccccc32)CC1.O=C(C=CC=Cc1ccc2c(c1)OCO2)N1CCCCC1.O=C(O)C=CC(=O)O. The second-order valence-corrected chi connectivity index (χ2v) is 13.2. The zero-order valence-corrected chi connectivity index (χ0v) is 28.9. The van der Waals surface area contributed by atoms with Crippen molar-refractivity contribution in [1.82, 2.24) is 9.80 Å². The molecule has 3 aromatic rings. The Kier molecular flexibility index (Phi) is 13.1. The third-order valence-corrected chi connectivity index (χ3v) is 9.70. The number of amides is 1. The summed E-state index contributed by atoms with van der Waals surface area (Å²) in [6, 6.07) is 23.5. The van der Waals surface area contributed by atoms with Crippen molar-refractivity contribution >= 4 is 41.3 Å². The predicted octanol–water partition coefficient (Wildman–Crippen LogP) is 7.39. The fraction of sp³-hybridized carbons (Fsp3) is 0.275. The van der Waals surface area contributed by atoms with Gasteiger partial charge in [-0.15, -0.1) is 0 Å². The van der Waals surface area contributed by atoms with Gasteiger partial charge in [-0.1, -0.05) is 78.0 Å². The number of carbonyl (C=O) groups is 3. The number of allylic oxidation sites excluding steroid dienone is 2. The topological polar surface area (TPSA) is 117 Å². The summed E-state index contributed by atoms with van der Waals surface area (Å²) >= 11 is 1.91. The van der Waals surface area contributed by atoms with E-state index in [4.69, 9.17) is 19.7 Å². The number of aliphatic carboxylic acids is 2. The van der Waals surface area contributed by atoms with Crippen molar-refractivity contribution in [2.75, 3.05) is 40.0 Å². The largest absolute Gasteiger partial charge is 0.478 e. The molecule has 0 unspecified atom stereocenters. The maximum atomic E-state index is 11.9. The van der Waals surface area contributed by atoms with Crippen molar-refractivity contribution < 1.29 is 34.1 Å². The van der Waals surface area contributed by atoms with Crippen LogP contribution in [0, 0.1) is 0 Å². The van der Waals surface area contributed by atoms with E-state index in [1.807, 2.05) is 47.0 Å². The zero-order valence-electron chi connectivity index (χ0n) is 28.1. The number of rotatable bonds is 5. The van der Waals surface area contributed by atoms with Gasteiger partial charge in [0, 0.05) is 54.2 Å². The number of carboxylic acids is 2. The number of hydrogen-bond donors (Lipinski definition) is 2. The van der Waals surface area contributed by atoms with Crippen LogP contribution in [0.25, 0.3) is 11.6 Å². The lowest BCUT2D eigenvalue weighted by atomic mass is 9.88. The van der Waals surface area contributed by atoms with Gasteiger partial charge in [-0.05, 0) is 85.7 Å². The third kappa shape index (κ3) is 10.2. The molecule has 10 heteroatoms. The van der Waals surface area contributed by atoms with Crippen LogP contribution in [0.15, 0.2) is 112 Å². The highest BCUT2D eigenvalue weighted by molar-refractivity contribution is 7.99. The minimum Gasteiger partial charge on any atom is -0.478 e. The molecular weight excluding hydrogens is 653 g/mol. The monoisotopic (exact) mass is 694 g/mol. The number of likely N-dealkylation sites (tertiary alicyclic amines) is 2. The average Bonchev–Trinajstić information content (AvgIpc) is 3.61. The molecule has 0 aliphatic carbocycles. The highest BCUT2D eigenvalue weighted by atomic mass is 32.2. The lowest BCUT2D eigenvalue weighted by Crippen LogP contribution is -2.34. The second kappa shape index (κ2) is 18.1. The van der Waals surface area contributed by atoms with E-state index in [-0.39, 0.29) is 12.7 Å². The summed E-state index contributed by atoms with van der Waals surface area (Å²) in [7, 11) is 2.22. The first-order valence-corrected chi connectivity index (χ1v) is 17.5. The van der Waals surface area contributed by atoms with Gasteiger partial charge in [-0.25, -0.2) is 9.59 Å². The van der Waals surface area contributed by atoms with Crippen molar-refractivity contribution in [3.63, 3.8) is 0 Å². The maximum Gasteiger partial charge on any atom is 0.328 e. The molecular formula is C40H42N2O7S. The fourth-order valence-corrected chi connectivity index (χ4v) is 7.08. The van der Waals surface area contributed by atoms with Gasteiger partial charge in [0.25, 0.3) is 0 Å². The van der Waals surface area contributed by atoms with Crippen LogP contribution >= 0.6 is 11.8 Å². The summed E-state index contributed by atoms with van der Waals surface area (Å²) in [5.74, 6) is -0.863. The molecule has 4 heterocycles. The van der Waals surface area contributed by atoms with Crippen LogP contribution in [0.1, 0.15) is 48.8 Å². The molecule has 2 saturated heterocycles. The molecule has 1 amide bonds. The quantitative estimate of drug-likeness (QED) is 0.163. The molecule has 50 heavy (non-hydrogen) atoms. The van der Waals surface area contributed by atoms with Crippen molar-refractivity contribution in [3.8, 4) is 11.5 Å². The van der Waals surface area contributed by atoms with Crippen LogP contribution in [0.3, 0.4) is 0 Å². The number of carboxylic acid groups (broad SMARTS) is 2. The first-order valence-electron chi connectivity index (χ1n) is 16.7. The van der Waals surface area contributed by atoms with Crippen molar-refractivity contribution in [3.05, 3.63) is 119 Å². The minimum atomic E-state index is -1.26. The number of fused-ring (bicyclic) bond motifs is 3. The summed E-state index contributed by atoms with van der Waals surface area (Å²) < 4.78 is 10.6. The molecule has 0 saturated carbocycles. The van der Waals surface area contributed by atoms with Crippen LogP contribution in [-0.2, 0) is 14.4 Å². The lowest BCUT2D eigenvalue weighted by Gasteiger charge is -2.30. The van der Waals surface area contributed by atoms with Crippen LogP contribution in [0.5, 0.6) is 11.5 Å². The Balaban J connectivity index is 0.000000161. The molecule has 4 aliphatic rings. The van der Waals surface area contributed by atoms with Gasteiger partial charge in [0.15, 0.2) is 11.5 Å². The molecule has 7 rings (SSSR count). The van der Waals surface area contributed by atoms with Gasteiger partial charge >= 0.3 is 11.9 Å². The van der Waals surface area contributed by atoms with Gasteiger partial charge in [-0.3, -0.25) is 4.79 Å². The highest BCUT2D eigenvalue weighted by Gasteiger charge is 2.24. The summed E-state index contributed by atoms with van der Waals surface area (Å²) in [4.78, 5) is 38.2. The Bertz CT molecular complexity index is 1730. The fourth-order valence-electron chi connectivity index (χ4n) is 5.99. The van der Waals surface area contributed by atoms with Gasteiger partial charge in [-0.2, -0.15) is 0 Å². The zero-order chi connectivity index (χ0) is 35.3. The van der Waals surface area contributed by atoms with Crippen molar-refractivity contribution in [2.24, 2.45) is 0 Å². The number of carbonyl (C=O) groups excluding carboxylic acids is 1. The van der Waals surface area contributed by atoms with E-state index in [1.54, 1.807) is 17.7 Å². The predicted molar refractivity (Wildman–Crippen MR) is 195 cm³/mol. The molecule has 0 bridgehead atoms. The molecule has 4 aliphatic heterocycles. The van der Waals surface area contributed by atoms with Crippen molar-refractivity contribution in [2.45, 2.75) is 41.9 Å².